The Morgan fingerprint density at radius 3 is 2.75 bits per heavy atom. The van der Waals surface area contributed by atoms with Gasteiger partial charge < -0.3 is 5.11 Å². The molecule has 0 aromatic heterocycles. The predicted octanol–water partition coefficient (Wildman–Crippen LogP) is 0.159. The number of rotatable bonds is 3. The third kappa shape index (κ3) is 5.10. The van der Waals surface area contributed by atoms with Crippen LogP contribution in [0.5, 0.6) is 0 Å². The maximum absolute atomic E-state index is 9.51. The zero-order chi connectivity index (χ0) is 6.41. The monoisotopic (exact) mass is 117 g/mol. The second-order valence-corrected chi connectivity index (χ2v) is 1.18. The van der Waals surface area contributed by atoms with Crippen molar-refractivity contribution in [3.63, 3.8) is 0 Å². The first kappa shape index (κ1) is 7.10. The largest absolute Gasteiger partial charge is 0.396 e. The first-order valence-electron chi connectivity index (χ1n) is 2.18. The summed E-state index contributed by atoms with van der Waals surface area (Å²) in [4.78, 5) is 8.95. The van der Waals surface area contributed by atoms with E-state index in [1.54, 1.807) is 0 Å². The molecule has 0 aliphatic rings. The minimum Gasteiger partial charge on any atom is -0.396 e. The molecule has 0 saturated heterocycles. The number of nitro groups is 1. The molecule has 4 heteroatoms. The van der Waals surface area contributed by atoms with Crippen LogP contribution in [0.25, 0.3) is 0 Å². The Balaban J connectivity index is 3.20. The Bertz CT molecular complexity index is 99.5. The molecule has 0 radical (unpaired) electrons. The second kappa shape index (κ2) is 4.26. The van der Waals surface area contributed by atoms with Crippen LogP contribution in [0.2, 0.25) is 0 Å². The van der Waals surface area contributed by atoms with E-state index in [1.807, 2.05) is 0 Å². The summed E-state index contributed by atoms with van der Waals surface area (Å²) in [6.45, 7) is -0.0374. The van der Waals surface area contributed by atoms with Crippen molar-refractivity contribution in [1.29, 1.82) is 0 Å². The molecule has 46 valence electrons. The Hall–Kier alpha value is -0.900. The van der Waals surface area contributed by atoms with Gasteiger partial charge >= 0.3 is 0 Å². The minimum absolute atomic E-state index is 0.0374. The zero-order valence-electron chi connectivity index (χ0n) is 4.28. The lowest BCUT2D eigenvalue weighted by Crippen LogP contribution is -1.83. The van der Waals surface area contributed by atoms with Crippen LogP contribution in [0.1, 0.15) is 6.42 Å². The molecule has 0 unspecified atom stereocenters. The zero-order valence-corrected chi connectivity index (χ0v) is 4.28. The molecular weight excluding hydrogens is 110 g/mol. The van der Waals surface area contributed by atoms with Crippen LogP contribution in [0.15, 0.2) is 12.3 Å². The van der Waals surface area contributed by atoms with Crippen molar-refractivity contribution in [2.75, 3.05) is 6.61 Å². The van der Waals surface area contributed by atoms with Crippen LogP contribution < -0.4 is 0 Å². The molecular formula is C4H7NO3. The number of hydrogen-bond donors (Lipinski definition) is 1. The number of aliphatic hydroxyl groups excluding tert-OH is 1. The van der Waals surface area contributed by atoms with Crippen molar-refractivity contribution < 1.29 is 10.0 Å². The summed E-state index contributed by atoms with van der Waals surface area (Å²) in [5, 5.41) is 17.6. The standard InChI is InChI=1S/C4H7NO3/c6-4-2-1-3-5(7)8/h1,3,6H,2,4H2. The van der Waals surface area contributed by atoms with Gasteiger partial charge in [0.25, 0.3) is 0 Å². The van der Waals surface area contributed by atoms with Gasteiger partial charge in [-0.1, -0.05) is 0 Å². The average Bonchev–Trinajstić information content (AvgIpc) is 1.66. The SMILES string of the molecule is O=[N+]([O-])C=CCCO. The number of nitrogens with zero attached hydrogens (tertiary/aromatic N) is 1. The fraction of sp³-hybridized carbons (Fsp3) is 0.500. The lowest BCUT2D eigenvalue weighted by atomic mass is 10.4. The van der Waals surface area contributed by atoms with E-state index in [1.165, 1.54) is 6.08 Å². The van der Waals surface area contributed by atoms with E-state index in [2.05, 4.69) is 0 Å². The molecule has 0 fully saturated rings. The lowest BCUT2D eigenvalue weighted by Gasteiger charge is -1.78. The molecule has 0 bridgehead atoms. The van der Waals surface area contributed by atoms with E-state index in [-0.39, 0.29) is 6.61 Å². The van der Waals surface area contributed by atoms with E-state index in [0.29, 0.717) is 6.42 Å². The quantitative estimate of drug-likeness (QED) is 0.423. The van der Waals surface area contributed by atoms with Crippen molar-refractivity contribution in [1.82, 2.24) is 0 Å². The fourth-order valence-corrected chi connectivity index (χ4v) is 0.235. The number of hydrogen-bond acceptors (Lipinski definition) is 3. The molecule has 0 spiro atoms. The highest BCUT2D eigenvalue weighted by molar-refractivity contribution is 4.70. The molecule has 0 saturated carbocycles. The normalized spacial score (nSPS) is 10.1. The van der Waals surface area contributed by atoms with Crippen molar-refractivity contribution >= 4 is 0 Å². The Morgan fingerprint density at radius 2 is 2.38 bits per heavy atom. The van der Waals surface area contributed by atoms with Crippen molar-refractivity contribution in [2.45, 2.75) is 6.42 Å². The van der Waals surface area contributed by atoms with Crippen LogP contribution in [0.3, 0.4) is 0 Å². The van der Waals surface area contributed by atoms with Gasteiger partial charge in [0.1, 0.15) is 0 Å². The van der Waals surface area contributed by atoms with Crippen LogP contribution in [0, 0.1) is 10.1 Å². The van der Waals surface area contributed by atoms with E-state index in [0.717, 1.165) is 6.20 Å². The molecule has 4 nitrogen and oxygen atoms in total. The Morgan fingerprint density at radius 1 is 1.75 bits per heavy atom. The molecule has 0 heterocycles. The first-order valence-corrected chi connectivity index (χ1v) is 2.18. The summed E-state index contributed by atoms with van der Waals surface area (Å²) in [5.41, 5.74) is 0. The maximum Gasteiger partial charge on any atom is 0.230 e. The van der Waals surface area contributed by atoms with Crippen molar-refractivity contribution in [3.8, 4) is 0 Å². The Kier molecular flexibility index (Phi) is 3.78. The molecule has 0 aliphatic carbocycles. The minimum atomic E-state index is -0.560. The smallest absolute Gasteiger partial charge is 0.230 e. The van der Waals surface area contributed by atoms with Gasteiger partial charge in [0.05, 0.1) is 4.92 Å². The molecule has 0 aliphatic heterocycles. The van der Waals surface area contributed by atoms with E-state index < -0.39 is 4.92 Å². The summed E-state index contributed by atoms with van der Waals surface area (Å²) in [6.07, 6.45) is 2.47. The van der Waals surface area contributed by atoms with Gasteiger partial charge in [0, 0.05) is 6.61 Å². The predicted molar refractivity (Wildman–Crippen MR) is 27.8 cm³/mol. The second-order valence-electron chi connectivity index (χ2n) is 1.18. The van der Waals surface area contributed by atoms with Gasteiger partial charge in [0.2, 0.25) is 6.20 Å². The lowest BCUT2D eigenvalue weighted by molar-refractivity contribution is -0.402. The van der Waals surface area contributed by atoms with Crippen LogP contribution in [-0.4, -0.2) is 16.6 Å². The molecule has 0 atom stereocenters. The molecule has 0 amide bonds. The van der Waals surface area contributed by atoms with E-state index in [9.17, 15) is 10.1 Å². The molecule has 0 aromatic rings. The van der Waals surface area contributed by atoms with Crippen LogP contribution >= 0.6 is 0 Å². The van der Waals surface area contributed by atoms with Crippen LogP contribution in [-0.2, 0) is 0 Å². The highest BCUT2D eigenvalue weighted by atomic mass is 16.6. The number of aliphatic hydroxyl groups is 1. The van der Waals surface area contributed by atoms with E-state index in [4.69, 9.17) is 5.11 Å². The Labute approximate surface area is 46.6 Å². The third-order valence-electron chi connectivity index (χ3n) is 0.523. The summed E-state index contributed by atoms with van der Waals surface area (Å²) in [5.74, 6) is 0. The topological polar surface area (TPSA) is 63.4 Å². The average molecular weight is 117 g/mol. The maximum atomic E-state index is 9.51. The highest BCUT2D eigenvalue weighted by Gasteiger charge is 1.80. The van der Waals surface area contributed by atoms with Gasteiger partial charge in [0.15, 0.2) is 0 Å². The summed E-state index contributed by atoms with van der Waals surface area (Å²) in [6, 6.07) is 0. The van der Waals surface area contributed by atoms with Gasteiger partial charge in [-0.25, -0.2) is 0 Å². The molecule has 0 rings (SSSR count). The molecule has 1 N–H and O–H groups in total. The summed E-state index contributed by atoms with van der Waals surface area (Å²) >= 11 is 0. The molecule has 0 aromatic carbocycles. The van der Waals surface area contributed by atoms with Gasteiger partial charge in [-0.05, 0) is 12.5 Å². The van der Waals surface area contributed by atoms with Gasteiger partial charge in [-0.3, -0.25) is 10.1 Å². The van der Waals surface area contributed by atoms with Crippen molar-refractivity contribution in [3.05, 3.63) is 22.4 Å². The third-order valence-corrected chi connectivity index (χ3v) is 0.523. The van der Waals surface area contributed by atoms with Gasteiger partial charge in [-0.2, -0.15) is 0 Å². The van der Waals surface area contributed by atoms with E-state index >= 15 is 0 Å². The highest BCUT2D eigenvalue weighted by Crippen LogP contribution is 1.79. The summed E-state index contributed by atoms with van der Waals surface area (Å²) < 4.78 is 0. The van der Waals surface area contributed by atoms with Crippen LogP contribution in [0.4, 0.5) is 0 Å². The first-order chi connectivity index (χ1) is 3.77. The van der Waals surface area contributed by atoms with Crippen molar-refractivity contribution in [2.24, 2.45) is 0 Å². The molecule has 8 heavy (non-hydrogen) atoms. The summed E-state index contributed by atoms with van der Waals surface area (Å²) in [7, 11) is 0. The fourth-order valence-electron chi connectivity index (χ4n) is 0.235. The van der Waals surface area contributed by atoms with Gasteiger partial charge in [-0.15, -0.1) is 0 Å².